The molecule has 0 aliphatic carbocycles. The molecule has 2 aromatic carbocycles. The lowest BCUT2D eigenvalue weighted by molar-refractivity contribution is -0.137. The van der Waals surface area contributed by atoms with Crippen LogP contribution < -0.4 is 15.9 Å². The first-order chi connectivity index (χ1) is 15.1. The van der Waals surface area contributed by atoms with E-state index in [-0.39, 0.29) is 24.3 Å². The van der Waals surface area contributed by atoms with E-state index in [9.17, 15) is 27.6 Å². The molecule has 1 aromatic heterocycles. The molecule has 0 saturated carbocycles. The molecule has 1 atom stereocenters. The lowest BCUT2D eigenvalue weighted by atomic mass is 10.1. The van der Waals surface area contributed by atoms with Gasteiger partial charge in [0.2, 0.25) is 11.8 Å². The summed E-state index contributed by atoms with van der Waals surface area (Å²) in [6.45, 7) is 1.69. The van der Waals surface area contributed by atoms with Crippen LogP contribution in [0.25, 0.3) is 5.69 Å². The van der Waals surface area contributed by atoms with Gasteiger partial charge in [0.15, 0.2) is 0 Å². The number of hydrogen-bond donors (Lipinski definition) is 2. The Morgan fingerprint density at radius 1 is 1.12 bits per heavy atom. The topological polar surface area (TPSA) is 87.2 Å². The Hall–Kier alpha value is -3.82. The minimum atomic E-state index is -4.53. The second-order valence-electron chi connectivity index (χ2n) is 7.53. The van der Waals surface area contributed by atoms with Gasteiger partial charge in [0.25, 0.3) is 0 Å². The van der Waals surface area contributed by atoms with E-state index in [0.717, 1.165) is 12.1 Å². The smallest absolute Gasteiger partial charge is 0.324 e. The Labute approximate surface area is 180 Å². The molecular formula is C22H19F3N4O3. The number of carbonyl (C=O) groups is 2. The Bertz CT molecular complexity index is 1250. The number of hydrogen-bond acceptors (Lipinski definition) is 3. The number of anilines is 2. The fourth-order valence-corrected chi connectivity index (χ4v) is 3.75. The predicted molar refractivity (Wildman–Crippen MR) is 112 cm³/mol. The van der Waals surface area contributed by atoms with Crippen molar-refractivity contribution in [2.24, 2.45) is 5.92 Å². The Morgan fingerprint density at radius 2 is 1.88 bits per heavy atom. The summed E-state index contributed by atoms with van der Waals surface area (Å²) in [5.41, 5.74) is 0.349. The lowest BCUT2D eigenvalue weighted by Crippen LogP contribution is -2.29. The third-order valence-corrected chi connectivity index (χ3v) is 5.34. The van der Waals surface area contributed by atoms with E-state index in [4.69, 9.17) is 0 Å². The minimum absolute atomic E-state index is 0.0444. The fraction of sp³-hybridized carbons (Fsp3) is 0.227. The van der Waals surface area contributed by atoms with Crippen molar-refractivity contribution >= 4 is 23.2 Å². The molecule has 1 fully saturated rings. The van der Waals surface area contributed by atoms with Gasteiger partial charge in [-0.3, -0.25) is 14.2 Å². The first-order valence-corrected chi connectivity index (χ1v) is 9.80. The number of aryl methyl sites for hydroxylation is 1. The molecule has 1 aliphatic rings. The summed E-state index contributed by atoms with van der Waals surface area (Å²) in [5, 5.41) is 2.75. The molecule has 166 valence electrons. The molecule has 3 aromatic rings. The van der Waals surface area contributed by atoms with E-state index in [0.29, 0.717) is 17.1 Å². The third-order valence-electron chi connectivity index (χ3n) is 5.34. The molecule has 2 heterocycles. The van der Waals surface area contributed by atoms with Crippen molar-refractivity contribution in [2.75, 3.05) is 16.8 Å². The highest BCUT2D eigenvalue weighted by Crippen LogP contribution is 2.34. The van der Waals surface area contributed by atoms with Crippen molar-refractivity contribution in [3.05, 3.63) is 76.5 Å². The maximum Gasteiger partial charge on any atom is 0.416 e. The third kappa shape index (κ3) is 4.03. The lowest BCUT2D eigenvalue weighted by Gasteiger charge is -2.19. The number of aromatic amines is 1. The van der Waals surface area contributed by atoms with Gasteiger partial charge in [0.05, 0.1) is 22.9 Å². The van der Waals surface area contributed by atoms with E-state index < -0.39 is 29.5 Å². The van der Waals surface area contributed by atoms with Crippen LogP contribution in [0.4, 0.5) is 24.5 Å². The first-order valence-electron chi connectivity index (χ1n) is 9.80. The number of benzene rings is 2. The van der Waals surface area contributed by atoms with Crippen LogP contribution in [0.2, 0.25) is 0 Å². The van der Waals surface area contributed by atoms with Gasteiger partial charge < -0.3 is 15.2 Å². The molecule has 7 nitrogen and oxygen atoms in total. The summed E-state index contributed by atoms with van der Waals surface area (Å²) >= 11 is 0. The van der Waals surface area contributed by atoms with Gasteiger partial charge in [-0.2, -0.15) is 13.2 Å². The van der Waals surface area contributed by atoms with Crippen molar-refractivity contribution in [3.63, 3.8) is 0 Å². The number of para-hydroxylation sites is 2. The molecule has 0 spiro atoms. The average Bonchev–Trinajstić information content (AvgIpc) is 3.30. The number of carbonyl (C=O) groups excluding carboxylic acids is 2. The van der Waals surface area contributed by atoms with Gasteiger partial charge in [-0.05, 0) is 37.3 Å². The van der Waals surface area contributed by atoms with Crippen molar-refractivity contribution in [2.45, 2.75) is 19.5 Å². The zero-order valence-corrected chi connectivity index (χ0v) is 16.9. The number of amides is 2. The highest BCUT2D eigenvalue weighted by atomic mass is 19.4. The molecule has 32 heavy (non-hydrogen) atoms. The fourth-order valence-electron chi connectivity index (χ4n) is 3.75. The molecule has 4 rings (SSSR count). The molecule has 2 amide bonds. The van der Waals surface area contributed by atoms with E-state index in [1.165, 1.54) is 21.6 Å². The summed E-state index contributed by atoms with van der Waals surface area (Å²) in [4.78, 5) is 41.3. The van der Waals surface area contributed by atoms with Gasteiger partial charge >= 0.3 is 11.9 Å². The normalized spacial score (nSPS) is 16.4. The molecule has 1 aliphatic heterocycles. The van der Waals surface area contributed by atoms with E-state index in [1.807, 2.05) is 0 Å². The molecule has 10 heteroatoms. The van der Waals surface area contributed by atoms with Crippen LogP contribution in [0.5, 0.6) is 0 Å². The van der Waals surface area contributed by atoms with Crippen LogP contribution >= 0.6 is 0 Å². The van der Waals surface area contributed by atoms with E-state index in [1.54, 1.807) is 37.4 Å². The van der Waals surface area contributed by atoms with Gasteiger partial charge in [-0.1, -0.05) is 18.2 Å². The average molecular weight is 444 g/mol. The van der Waals surface area contributed by atoms with Gasteiger partial charge in [-0.15, -0.1) is 0 Å². The molecule has 0 bridgehead atoms. The van der Waals surface area contributed by atoms with Crippen molar-refractivity contribution in [3.8, 4) is 5.69 Å². The van der Waals surface area contributed by atoms with Crippen LogP contribution in [0.15, 0.2) is 59.5 Å². The highest BCUT2D eigenvalue weighted by molar-refractivity contribution is 6.04. The predicted octanol–water partition coefficient (Wildman–Crippen LogP) is 3.48. The number of alkyl halides is 3. The van der Waals surface area contributed by atoms with E-state index >= 15 is 0 Å². The van der Waals surface area contributed by atoms with Crippen LogP contribution in [0.3, 0.4) is 0 Å². The van der Waals surface area contributed by atoms with Crippen LogP contribution in [0.1, 0.15) is 17.7 Å². The van der Waals surface area contributed by atoms with Gasteiger partial charge in [0.1, 0.15) is 0 Å². The van der Waals surface area contributed by atoms with Crippen molar-refractivity contribution in [1.82, 2.24) is 9.55 Å². The summed E-state index contributed by atoms with van der Waals surface area (Å²) in [6.07, 6.45) is -3.12. The summed E-state index contributed by atoms with van der Waals surface area (Å²) in [5.74, 6) is -1.65. The second kappa shape index (κ2) is 8.03. The molecular weight excluding hydrogens is 425 g/mol. The zero-order valence-electron chi connectivity index (χ0n) is 16.9. The number of rotatable bonds is 4. The summed E-state index contributed by atoms with van der Waals surface area (Å²) in [7, 11) is 0. The maximum atomic E-state index is 13.0. The number of halogens is 3. The SMILES string of the molecule is Cc1c[nH]c(=O)n1-c1ccccc1NC(=O)C1CC(=O)N(c2cccc(C(F)(F)F)c2)C1. The van der Waals surface area contributed by atoms with Crippen LogP contribution in [-0.2, 0) is 15.8 Å². The monoisotopic (exact) mass is 444 g/mol. The molecule has 1 unspecified atom stereocenters. The largest absolute Gasteiger partial charge is 0.416 e. The number of nitrogens with one attached hydrogen (secondary N) is 2. The van der Waals surface area contributed by atoms with Crippen molar-refractivity contribution in [1.29, 1.82) is 0 Å². The highest BCUT2D eigenvalue weighted by Gasteiger charge is 2.37. The van der Waals surface area contributed by atoms with Gasteiger partial charge in [0, 0.05) is 30.5 Å². The molecule has 0 radical (unpaired) electrons. The van der Waals surface area contributed by atoms with E-state index in [2.05, 4.69) is 10.3 Å². The standard InChI is InChI=1S/C22H19F3N4O3/c1-13-11-26-21(32)29(13)18-8-3-2-7-17(18)27-20(31)14-9-19(30)28(12-14)16-6-4-5-15(10-16)22(23,24)25/h2-8,10-11,14H,9,12H2,1H3,(H,26,32)(H,27,31). The maximum absolute atomic E-state index is 13.0. The van der Waals surface area contributed by atoms with Crippen molar-refractivity contribution < 1.29 is 22.8 Å². The number of nitrogens with zero attached hydrogens (tertiary/aromatic N) is 2. The number of imidazole rings is 1. The van der Waals surface area contributed by atoms with Crippen LogP contribution in [-0.4, -0.2) is 27.9 Å². The molecule has 2 N–H and O–H groups in total. The Kier molecular flexibility index (Phi) is 5.37. The Morgan fingerprint density at radius 3 is 2.56 bits per heavy atom. The van der Waals surface area contributed by atoms with Gasteiger partial charge in [-0.25, -0.2) is 4.79 Å². The Balaban J connectivity index is 1.55. The zero-order chi connectivity index (χ0) is 23.0. The summed E-state index contributed by atoms with van der Waals surface area (Å²) in [6, 6.07) is 11.2. The number of H-pyrrole nitrogens is 1. The minimum Gasteiger partial charge on any atom is -0.324 e. The first kappa shape index (κ1) is 21.4. The number of aromatic nitrogens is 2. The summed E-state index contributed by atoms with van der Waals surface area (Å²) < 4.78 is 40.5. The molecule has 1 saturated heterocycles. The van der Waals surface area contributed by atoms with Crippen LogP contribution in [0, 0.1) is 12.8 Å². The second-order valence-corrected chi connectivity index (χ2v) is 7.53. The quantitative estimate of drug-likeness (QED) is 0.646.